The van der Waals surface area contributed by atoms with Crippen LogP contribution in [0.15, 0.2) is 30.3 Å². The second-order valence-corrected chi connectivity index (χ2v) is 1.78. The van der Waals surface area contributed by atoms with Gasteiger partial charge in [-0.05, 0) is 0 Å². The molecule has 0 saturated heterocycles. The molecule has 0 unspecified atom stereocenters. The molecule has 0 aliphatic heterocycles. The summed E-state index contributed by atoms with van der Waals surface area (Å²) in [6.07, 6.45) is -1.34. The van der Waals surface area contributed by atoms with Gasteiger partial charge < -0.3 is 10.2 Å². The summed E-state index contributed by atoms with van der Waals surface area (Å²) in [5, 5.41) is 17.2. The summed E-state index contributed by atoms with van der Waals surface area (Å²) in [5.74, 6) is 0. The SMILES string of the molecule is Cl.OC(O)c1ccccc1. The summed E-state index contributed by atoms with van der Waals surface area (Å²) in [6.45, 7) is 0. The van der Waals surface area contributed by atoms with Gasteiger partial charge in [0.25, 0.3) is 0 Å². The minimum Gasteiger partial charge on any atom is -0.364 e. The fourth-order valence-electron chi connectivity index (χ4n) is 0.625. The molecule has 1 aromatic rings. The van der Waals surface area contributed by atoms with E-state index in [2.05, 4.69) is 0 Å². The number of benzene rings is 1. The highest BCUT2D eigenvalue weighted by Gasteiger charge is 1.97. The number of hydrogen-bond donors (Lipinski definition) is 2. The summed E-state index contributed by atoms with van der Waals surface area (Å²) < 4.78 is 0. The maximum absolute atomic E-state index is 8.58. The number of aliphatic hydroxyl groups excluding tert-OH is 1. The van der Waals surface area contributed by atoms with Gasteiger partial charge in [-0.25, -0.2) is 0 Å². The Balaban J connectivity index is 0.000000810. The number of halogens is 1. The van der Waals surface area contributed by atoms with Gasteiger partial charge in [0, 0.05) is 5.56 Å². The van der Waals surface area contributed by atoms with E-state index in [4.69, 9.17) is 10.2 Å². The minimum absolute atomic E-state index is 0. The third kappa shape index (κ3) is 2.35. The summed E-state index contributed by atoms with van der Waals surface area (Å²) in [4.78, 5) is 0. The van der Waals surface area contributed by atoms with Crippen LogP contribution >= 0.6 is 12.4 Å². The zero-order valence-corrected chi connectivity index (χ0v) is 6.08. The van der Waals surface area contributed by atoms with Crippen LogP contribution < -0.4 is 0 Å². The molecule has 0 aliphatic rings. The van der Waals surface area contributed by atoms with Crippen LogP contribution in [0.25, 0.3) is 0 Å². The Hall–Kier alpha value is -0.570. The fourth-order valence-corrected chi connectivity index (χ4v) is 0.625. The van der Waals surface area contributed by atoms with Crippen LogP contribution in [0.1, 0.15) is 11.9 Å². The van der Waals surface area contributed by atoms with Crippen molar-refractivity contribution >= 4 is 12.4 Å². The van der Waals surface area contributed by atoms with E-state index in [0.29, 0.717) is 5.56 Å². The molecule has 0 aromatic heterocycles. The van der Waals surface area contributed by atoms with Crippen LogP contribution in [0.4, 0.5) is 0 Å². The van der Waals surface area contributed by atoms with E-state index in [-0.39, 0.29) is 12.4 Å². The van der Waals surface area contributed by atoms with Crippen molar-refractivity contribution in [2.24, 2.45) is 0 Å². The molecule has 1 aromatic carbocycles. The Morgan fingerprint density at radius 1 is 1.00 bits per heavy atom. The highest BCUT2D eigenvalue weighted by atomic mass is 35.5. The van der Waals surface area contributed by atoms with Crippen LogP contribution in [0, 0.1) is 0 Å². The zero-order valence-electron chi connectivity index (χ0n) is 5.27. The van der Waals surface area contributed by atoms with E-state index >= 15 is 0 Å². The molecule has 2 nitrogen and oxygen atoms in total. The van der Waals surface area contributed by atoms with Gasteiger partial charge in [-0.3, -0.25) is 0 Å². The Labute approximate surface area is 65.5 Å². The van der Waals surface area contributed by atoms with E-state index in [9.17, 15) is 0 Å². The molecule has 10 heavy (non-hydrogen) atoms. The molecular formula is C7H9ClO2. The van der Waals surface area contributed by atoms with Gasteiger partial charge in [0.15, 0.2) is 6.29 Å². The molecule has 0 heterocycles. The average Bonchev–Trinajstić information content (AvgIpc) is 1.90. The molecule has 0 bridgehead atoms. The summed E-state index contributed by atoms with van der Waals surface area (Å²) in [5.41, 5.74) is 0.525. The zero-order chi connectivity index (χ0) is 6.69. The largest absolute Gasteiger partial charge is 0.364 e. The number of hydrogen-bond acceptors (Lipinski definition) is 2. The first-order valence-electron chi connectivity index (χ1n) is 2.72. The molecule has 2 N–H and O–H groups in total. The van der Waals surface area contributed by atoms with Crippen molar-refractivity contribution in [3.05, 3.63) is 35.9 Å². The second-order valence-electron chi connectivity index (χ2n) is 1.78. The molecular weight excluding hydrogens is 152 g/mol. The van der Waals surface area contributed by atoms with Crippen LogP contribution in [-0.2, 0) is 0 Å². The van der Waals surface area contributed by atoms with Crippen LogP contribution in [0.3, 0.4) is 0 Å². The van der Waals surface area contributed by atoms with Gasteiger partial charge in [0.1, 0.15) is 0 Å². The van der Waals surface area contributed by atoms with E-state index in [0.717, 1.165) is 0 Å². The van der Waals surface area contributed by atoms with E-state index in [1.54, 1.807) is 24.3 Å². The predicted molar refractivity (Wildman–Crippen MR) is 40.9 cm³/mol. The Morgan fingerprint density at radius 2 is 1.50 bits per heavy atom. The first-order valence-corrected chi connectivity index (χ1v) is 2.72. The average molecular weight is 161 g/mol. The van der Waals surface area contributed by atoms with Gasteiger partial charge in [-0.1, -0.05) is 30.3 Å². The topological polar surface area (TPSA) is 40.5 Å². The lowest BCUT2D eigenvalue weighted by molar-refractivity contribution is -0.0424. The van der Waals surface area contributed by atoms with Crippen molar-refractivity contribution in [2.45, 2.75) is 6.29 Å². The van der Waals surface area contributed by atoms with Crippen molar-refractivity contribution in [1.82, 2.24) is 0 Å². The van der Waals surface area contributed by atoms with E-state index in [1.165, 1.54) is 0 Å². The van der Waals surface area contributed by atoms with Crippen molar-refractivity contribution in [2.75, 3.05) is 0 Å². The fraction of sp³-hybridized carbons (Fsp3) is 0.143. The summed E-state index contributed by atoms with van der Waals surface area (Å²) in [7, 11) is 0. The van der Waals surface area contributed by atoms with Gasteiger partial charge in [0.05, 0.1) is 0 Å². The normalized spacial score (nSPS) is 9.10. The Kier molecular flexibility index (Phi) is 4.03. The van der Waals surface area contributed by atoms with Gasteiger partial charge in [0.2, 0.25) is 0 Å². The smallest absolute Gasteiger partial charge is 0.178 e. The second kappa shape index (κ2) is 4.28. The molecule has 0 spiro atoms. The van der Waals surface area contributed by atoms with E-state index in [1.807, 2.05) is 6.07 Å². The first kappa shape index (κ1) is 9.43. The van der Waals surface area contributed by atoms with Gasteiger partial charge in [-0.2, -0.15) is 0 Å². The van der Waals surface area contributed by atoms with Crippen molar-refractivity contribution in [3.8, 4) is 0 Å². The Bertz CT molecular complexity index is 174. The lowest BCUT2D eigenvalue weighted by atomic mass is 10.2. The lowest BCUT2D eigenvalue weighted by Gasteiger charge is -1.99. The van der Waals surface area contributed by atoms with Crippen LogP contribution in [-0.4, -0.2) is 10.2 Å². The molecule has 0 radical (unpaired) electrons. The molecule has 1 rings (SSSR count). The molecule has 0 saturated carbocycles. The number of aliphatic hydroxyl groups is 2. The van der Waals surface area contributed by atoms with Crippen molar-refractivity contribution < 1.29 is 10.2 Å². The van der Waals surface area contributed by atoms with Crippen LogP contribution in [0.5, 0.6) is 0 Å². The van der Waals surface area contributed by atoms with Crippen molar-refractivity contribution in [1.29, 1.82) is 0 Å². The summed E-state index contributed by atoms with van der Waals surface area (Å²) in [6, 6.07) is 8.66. The first-order chi connectivity index (χ1) is 4.30. The molecule has 0 aliphatic carbocycles. The molecule has 0 amide bonds. The standard InChI is InChI=1S/C7H8O2.ClH/c8-7(9)6-4-2-1-3-5-6;/h1-5,7-9H;1H. The van der Waals surface area contributed by atoms with Gasteiger partial charge >= 0.3 is 0 Å². The third-order valence-electron chi connectivity index (χ3n) is 1.10. The maximum Gasteiger partial charge on any atom is 0.178 e. The van der Waals surface area contributed by atoms with Crippen LogP contribution in [0.2, 0.25) is 0 Å². The third-order valence-corrected chi connectivity index (χ3v) is 1.10. The predicted octanol–water partition coefficient (Wildman–Crippen LogP) is 1.09. The highest BCUT2D eigenvalue weighted by molar-refractivity contribution is 5.85. The molecule has 0 atom stereocenters. The quantitative estimate of drug-likeness (QED) is 0.604. The van der Waals surface area contributed by atoms with Gasteiger partial charge in [-0.15, -0.1) is 12.4 Å². The molecule has 56 valence electrons. The van der Waals surface area contributed by atoms with E-state index < -0.39 is 6.29 Å². The van der Waals surface area contributed by atoms with Crippen molar-refractivity contribution in [3.63, 3.8) is 0 Å². The minimum atomic E-state index is -1.34. The number of rotatable bonds is 1. The summed E-state index contributed by atoms with van der Waals surface area (Å²) >= 11 is 0. The lowest BCUT2D eigenvalue weighted by Crippen LogP contribution is -1.92. The molecule has 0 fully saturated rings. The molecule has 3 heteroatoms. The maximum atomic E-state index is 8.58. The monoisotopic (exact) mass is 160 g/mol. The Morgan fingerprint density at radius 3 is 1.80 bits per heavy atom. The highest BCUT2D eigenvalue weighted by Crippen LogP contribution is 2.06.